The first kappa shape index (κ1) is 20.3. The minimum Gasteiger partial charge on any atom is -0.344 e. The van der Waals surface area contributed by atoms with Crippen LogP contribution in [0.2, 0.25) is 0 Å². The predicted molar refractivity (Wildman–Crippen MR) is 119 cm³/mol. The fourth-order valence-corrected chi connectivity index (χ4v) is 3.77. The van der Waals surface area contributed by atoms with Crippen LogP contribution in [0.1, 0.15) is 27.5 Å². The molecule has 6 nitrogen and oxygen atoms in total. The van der Waals surface area contributed by atoms with Crippen LogP contribution in [-0.4, -0.2) is 65.3 Å². The lowest BCUT2D eigenvalue weighted by atomic mass is 10.0. The minimum atomic E-state index is -0.0545. The molecule has 1 aliphatic rings. The summed E-state index contributed by atoms with van der Waals surface area (Å²) in [6.45, 7) is 6.98. The summed E-state index contributed by atoms with van der Waals surface area (Å²) in [4.78, 5) is 17.8. The van der Waals surface area contributed by atoms with Crippen molar-refractivity contribution in [3.05, 3.63) is 83.7 Å². The topological polar surface area (TPSA) is 53.4 Å². The number of nitrogens with one attached hydrogen (secondary N) is 1. The molecule has 6 heteroatoms. The van der Waals surface area contributed by atoms with Crippen LogP contribution in [-0.2, 0) is 0 Å². The molecule has 2 aromatic carbocycles. The molecule has 0 radical (unpaired) electrons. The van der Waals surface area contributed by atoms with E-state index >= 15 is 0 Å². The van der Waals surface area contributed by atoms with E-state index in [0.717, 1.165) is 49.5 Å². The van der Waals surface area contributed by atoms with Gasteiger partial charge in [-0.25, -0.2) is 4.68 Å². The summed E-state index contributed by atoms with van der Waals surface area (Å²) in [6, 6.07) is 17.8. The third kappa shape index (κ3) is 4.96. The molecule has 0 spiro atoms. The van der Waals surface area contributed by atoms with Gasteiger partial charge in [0, 0.05) is 44.5 Å². The second-order valence-corrected chi connectivity index (χ2v) is 8.05. The molecule has 1 saturated heterocycles. The monoisotopic (exact) mass is 403 g/mol. The minimum absolute atomic E-state index is 0.0458. The van der Waals surface area contributed by atoms with E-state index < -0.39 is 0 Å². The molecule has 0 saturated carbocycles. The van der Waals surface area contributed by atoms with Crippen LogP contribution in [0.25, 0.3) is 5.69 Å². The number of benzene rings is 2. The van der Waals surface area contributed by atoms with Gasteiger partial charge in [-0.15, -0.1) is 0 Å². The summed E-state index contributed by atoms with van der Waals surface area (Å²) < 4.78 is 1.82. The molecule has 2 heterocycles. The number of carbonyl (C=O) groups is 1. The molecule has 1 aliphatic heterocycles. The molecule has 1 atom stereocenters. The Bertz CT molecular complexity index is 959. The van der Waals surface area contributed by atoms with Crippen LogP contribution in [0.5, 0.6) is 0 Å². The van der Waals surface area contributed by atoms with Crippen LogP contribution in [0.4, 0.5) is 0 Å². The molecular weight excluding hydrogens is 374 g/mol. The van der Waals surface area contributed by atoms with Gasteiger partial charge in [0.15, 0.2) is 0 Å². The number of amides is 1. The van der Waals surface area contributed by atoms with Crippen molar-refractivity contribution in [2.45, 2.75) is 13.0 Å². The highest BCUT2D eigenvalue weighted by Gasteiger charge is 2.21. The number of likely N-dealkylation sites (N-methyl/N-ethyl adjacent to an activating group) is 1. The highest BCUT2D eigenvalue weighted by Crippen LogP contribution is 2.17. The molecule has 1 fully saturated rings. The van der Waals surface area contributed by atoms with Crippen molar-refractivity contribution >= 4 is 5.91 Å². The molecular formula is C24H29N5O. The lowest BCUT2D eigenvalue weighted by Gasteiger charge is -2.35. The van der Waals surface area contributed by atoms with Crippen LogP contribution in [0, 0.1) is 6.92 Å². The number of piperazine rings is 1. The molecule has 1 amide bonds. The largest absolute Gasteiger partial charge is 0.344 e. The van der Waals surface area contributed by atoms with Gasteiger partial charge in [-0.1, -0.05) is 30.3 Å². The molecule has 1 aromatic heterocycles. The van der Waals surface area contributed by atoms with Crippen molar-refractivity contribution in [2.24, 2.45) is 0 Å². The maximum Gasteiger partial charge on any atom is 0.251 e. The lowest BCUT2D eigenvalue weighted by molar-refractivity contribution is 0.0907. The summed E-state index contributed by atoms with van der Waals surface area (Å²) in [7, 11) is 2.15. The van der Waals surface area contributed by atoms with Crippen LogP contribution >= 0.6 is 0 Å². The van der Waals surface area contributed by atoms with Crippen molar-refractivity contribution in [1.82, 2.24) is 24.9 Å². The fourth-order valence-electron chi connectivity index (χ4n) is 3.77. The van der Waals surface area contributed by atoms with Crippen molar-refractivity contribution in [3.8, 4) is 5.69 Å². The molecule has 3 aromatic rings. The van der Waals surface area contributed by atoms with E-state index in [0.29, 0.717) is 5.56 Å². The molecule has 156 valence electrons. The van der Waals surface area contributed by atoms with Gasteiger partial charge >= 0.3 is 0 Å². The Balaban J connectivity index is 1.47. The number of aryl methyl sites for hydroxylation is 1. The Labute approximate surface area is 178 Å². The lowest BCUT2D eigenvalue weighted by Crippen LogP contribution is -2.47. The van der Waals surface area contributed by atoms with Gasteiger partial charge in [-0.2, -0.15) is 5.10 Å². The second kappa shape index (κ2) is 9.24. The first-order valence-corrected chi connectivity index (χ1v) is 10.5. The zero-order valence-electron chi connectivity index (χ0n) is 17.7. The average molecular weight is 404 g/mol. The van der Waals surface area contributed by atoms with E-state index in [2.05, 4.69) is 39.4 Å². The Morgan fingerprint density at radius 2 is 1.73 bits per heavy atom. The molecule has 1 unspecified atom stereocenters. The van der Waals surface area contributed by atoms with E-state index in [1.165, 1.54) is 0 Å². The molecule has 1 N–H and O–H groups in total. The van der Waals surface area contributed by atoms with Crippen molar-refractivity contribution in [3.63, 3.8) is 0 Å². The average Bonchev–Trinajstić information content (AvgIpc) is 3.22. The first-order chi connectivity index (χ1) is 14.6. The summed E-state index contributed by atoms with van der Waals surface area (Å²) in [6.07, 6.45) is 3.79. The van der Waals surface area contributed by atoms with Crippen molar-refractivity contribution < 1.29 is 4.79 Å². The van der Waals surface area contributed by atoms with E-state index in [4.69, 9.17) is 0 Å². The third-order valence-corrected chi connectivity index (χ3v) is 5.65. The number of hydrogen-bond acceptors (Lipinski definition) is 4. The standard InChI is InChI=1S/C24H29N5O/c1-19-16-25-29(17-19)22-10-8-21(9-11-22)24(30)26-23(20-6-4-3-5-7-20)18-28-14-12-27(2)13-15-28/h3-11,16-17,23H,12-15,18H2,1-2H3,(H,26,30). The van der Waals surface area contributed by atoms with Gasteiger partial charge in [0.1, 0.15) is 0 Å². The van der Waals surface area contributed by atoms with Crippen LogP contribution in [0.3, 0.4) is 0 Å². The zero-order chi connectivity index (χ0) is 20.9. The normalized spacial score (nSPS) is 16.3. The molecule has 4 rings (SSSR count). The molecule has 30 heavy (non-hydrogen) atoms. The molecule has 0 bridgehead atoms. The number of aromatic nitrogens is 2. The van der Waals surface area contributed by atoms with Gasteiger partial charge in [0.2, 0.25) is 0 Å². The first-order valence-electron chi connectivity index (χ1n) is 10.5. The maximum absolute atomic E-state index is 13.0. The van der Waals surface area contributed by atoms with E-state index in [-0.39, 0.29) is 11.9 Å². The highest BCUT2D eigenvalue weighted by atomic mass is 16.1. The summed E-state index contributed by atoms with van der Waals surface area (Å²) in [5.41, 5.74) is 3.83. The third-order valence-electron chi connectivity index (χ3n) is 5.65. The quantitative estimate of drug-likeness (QED) is 0.688. The van der Waals surface area contributed by atoms with Crippen molar-refractivity contribution in [1.29, 1.82) is 0 Å². The summed E-state index contributed by atoms with van der Waals surface area (Å²) in [5.74, 6) is -0.0545. The highest BCUT2D eigenvalue weighted by molar-refractivity contribution is 5.94. The van der Waals surface area contributed by atoms with Gasteiger partial charge in [-0.05, 0) is 49.4 Å². The number of carbonyl (C=O) groups excluding carboxylic acids is 1. The Morgan fingerprint density at radius 1 is 1.03 bits per heavy atom. The Kier molecular flexibility index (Phi) is 6.26. The SMILES string of the molecule is Cc1cnn(-c2ccc(C(=O)NC(CN3CCN(C)CC3)c3ccccc3)cc2)c1. The smallest absolute Gasteiger partial charge is 0.251 e. The maximum atomic E-state index is 13.0. The van der Waals surface area contributed by atoms with Gasteiger partial charge in [0.05, 0.1) is 17.9 Å². The van der Waals surface area contributed by atoms with Crippen molar-refractivity contribution in [2.75, 3.05) is 39.8 Å². The van der Waals surface area contributed by atoms with Gasteiger partial charge in [0.25, 0.3) is 5.91 Å². The van der Waals surface area contributed by atoms with E-state index in [1.54, 1.807) is 0 Å². The summed E-state index contributed by atoms with van der Waals surface area (Å²) >= 11 is 0. The number of hydrogen-bond donors (Lipinski definition) is 1. The van der Waals surface area contributed by atoms with Crippen LogP contribution < -0.4 is 5.32 Å². The second-order valence-electron chi connectivity index (χ2n) is 8.05. The number of rotatable bonds is 6. The summed E-state index contributed by atoms with van der Waals surface area (Å²) in [5, 5.41) is 7.58. The predicted octanol–water partition coefficient (Wildman–Crippen LogP) is 2.90. The number of nitrogens with zero attached hydrogens (tertiary/aromatic N) is 4. The molecule has 0 aliphatic carbocycles. The Morgan fingerprint density at radius 3 is 2.37 bits per heavy atom. The van der Waals surface area contributed by atoms with E-state index in [9.17, 15) is 4.79 Å². The van der Waals surface area contributed by atoms with Crippen LogP contribution in [0.15, 0.2) is 67.0 Å². The van der Waals surface area contributed by atoms with E-state index in [1.807, 2.05) is 66.5 Å². The zero-order valence-corrected chi connectivity index (χ0v) is 17.7. The van der Waals surface area contributed by atoms with Gasteiger partial charge < -0.3 is 10.2 Å². The fraction of sp³-hybridized carbons (Fsp3) is 0.333. The van der Waals surface area contributed by atoms with Gasteiger partial charge in [-0.3, -0.25) is 9.69 Å². The Hall–Kier alpha value is -2.96.